The molecular weight excluding hydrogens is 498 g/mol. The molecule has 0 aliphatic rings. The zero-order chi connectivity index (χ0) is 28.0. The van der Waals surface area contributed by atoms with Gasteiger partial charge in [0.25, 0.3) is 10.0 Å². The summed E-state index contributed by atoms with van der Waals surface area (Å²) in [5.41, 5.74) is 4.85. The van der Waals surface area contributed by atoms with Crippen LogP contribution in [0.5, 0.6) is 0 Å². The minimum Gasteiger partial charge on any atom is -0.357 e. The van der Waals surface area contributed by atoms with Crippen LogP contribution in [-0.2, 0) is 26.2 Å². The third kappa shape index (κ3) is 6.61. The van der Waals surface area contributed by atoms with E-state index in [9.17, 15) is 18.0 Å². The lowest BCUT2D eigenvalue weighted by Crippen LogP contribution is -2.51. The van der Waals surface area contributed by atoms with Crippen molar-refractivity contribution in [3.05, 3.63) is 94.5 Å². The molecule has 2 amide bonds. The quantitative estimate of drug-likeness (QED) is 0.409. The zero-order valence-corrected chi connectivity index (χ0v) is 23.8. The lowest BCUT2D eigenvalue weighted by molar-refractivity contribution is -0.140. The van der Waals surface area contributed by atoms with Gasteiger partial charge in [0.05, 0.1) is 10.6 Å². The molecule has 0 heterocycles. The maximum atomic E-state index is 14.0. The van der Waals surface area contributed by atoms with Gasteiger partial charge in [0, 0.05) is 13.6 Å². The Kier molecular flexibility index (Phi) is 9.33. The van der Waals surface area contributed by atoms with Crippen LogP contribution < -0.4 is 9.62 Å². The number of anilines is 1. The van der Waals surface area contributed by atoms with E-state index in [1.165, 1.54) is 16.3 Å². The molecule has 0 aromatic heterocycles. The summed E-state index contributed by atoms with van der Waals surface area (Å²) < 4.78 is 29.1. The maximum Gasteiger partial charge on any atom is 0.264 e. The molecular formula is C30H37N3O4S. The minimum atomic E-state index is -4.09. The molecule has 1 atom stereocenters. The highest BCUT2D eigenvalue weighted by molar-refractivity contribution is 7.92. The van der Waals surface area contributed by atoms with Gasteiger partial charge in [-0.2, -0.15) is 0 Å². The van der Waals surface area contributed by atoms with Gasteiger partial charge in [-0.05, 0) is 69.0 Å². The molecule has 8 heteroatoms. The fourth-order valence-corrected chi connectivity index (χ4v) is 5.90. The summed E-state index contributed by atoms with van der Waals surface area (Å²) in [6.07, 6.45) is 0.380. The van der Waals surface area contributed by atoms with E-state index >= 15 is 0 Å². The number of hydrogen-bond acceptors (Lipinski definition) is 4. The van der Waals surface area contributed by atoms with Crippen LogP contribution in [0, 0.1) is 27.7 Å². The average molecular weight is 536 g/mol. The molecule has 3 aromatic carbocycles. The fourth-order valence-electron chi connectivity index (χ4n) is 4.43. The number of sulfonamides is 1. The van der Waals surface area contributed by atoms with Crippen LogP contribution in [-0.4, -0.2) is 44.8 Å². The Bertz CT molecular complexity index is 1400. The second-order valence-corrected chi connectivity index (χ2v) is 11.5. The van der Waals surface area contributed by atoms with E-state index in [0.717, 1.165) is 27.8 Å². The first kappa shape index (κ1) is 28.9. The van der Waals surface area contributed by atoms with E-state index in [0.29, 0.717) is 12.1 Å². The number of hydrogen-bond donors (Lipinski definition) is 1. The van der Waals surface area contributed by atoms with Crippen LogP contribution in [0.25, 0.3) is 0 Å². The lowest BCUT2D eigenvalue weighted by Gasteiger charge is -2.33. The molecule has 0 aliphatic heterocycles. The van der Waals surface area contributed by atoms with E-state index < -0.39 is 28.5 Å². The number of carbonyl (C=O) groups is 2. The number of nitrogens with zero attached hydrogens (tertiary/aromatic N) is 2. The van der Waals surface area contributed by atoms with E-state index in [1.54, 1.807) is 30.3 Å². The Balaban J connectivity index is 2.11. The molecule has 0 fully saturated rings. The summed E-state index contributed by atoms with van der Waals surface area (Å²) in [4.78, 5) is 28.4. The Hall–Kier alpha value is -3.65. The number of carbonyl (C=O) groups excluding carboxylic acids is 2. The molecule has 38 heavy (non-hydrogen) atoms. The molecule has 0 aliphatic carbocycles. The summed E-state index contributed by atoms with van der Waals surface area (Å²) in [5.74, 6) is -0.758. The van der Waals surface area contributed by atoms with Gasteiger partial charge in [0.1, 0.15) is 12.6 Å². The molecule has 202 valence electrons. The topological polar surface area (TPSA) is 86.8 Å². The standard InChI is InChI=1S/C30H37N3O4S/c1-7-27(30(35)31-6)32(19-25-10-8-9-22(3)17-25)29(34)20-33(28-18-23(4)11-14-24(28)5)38(36,37)26-15-12-21(2)13-16-26/h8-18,27H,7,19-20H2,1-6H3,(H,31,35)/t27-/m0/s1. The predicted octanol–water partition coefficient (Wildman–Crippen LogP) is 4.67. The smallest absolute Gasteiger partial charge is 0.264 e. The predicted molar refractivity (Wildman–Crippen MR) is 152 cm³/mol. The number of amides is 2. The molecule has 0 saturated heterocycles. The minimum absolute atomic E-state index is 0.0976. The summed E-state index contributed by atoms with van der Waals surface area (Å²) in [5, 5.41) is 2.65. The van der Waals surface area contributed by atoms with E-state index in [1.807, 2.05) is 71.0 Å². The summed E-state index contributed by atoms with van der Waals surface area (Å²) in [7, 11) is -2.56. The lowest BCUT2D eigenvalue weighted by atomic mass is 10.1. The zero-order valence-electron chi connectivity index (χ0n) is 23.0. The van der Waals surface area contributed by atoms with Crippen molar-refractivity contribution in [2.24, 2.45) is 0 Å². The largest absolute Gasteiger partial charge is 0.357 e. The van der Waals surface area contributed by atoms with Gasteiger partial charge < -0.3 is 10.2 Å². The van der Waals surface area contributed by atoms with Gasteiger partial charge in [-0.3, -0.25) is 13.9 Å². The summed E-state index contributed by atoms with van der Waals surface area (Å²) in [6, 6.07) is 19.1. The highest BCUT2D eigenvalue weighted by Gasteiger charge is 2.34. The maximum absolute atomic E-state index is 14.0. The number of aryl methyl sites for hydroxylation is 4. The Labute approximate surface area is 226 Å². The van der Waals surface area contributed by atoms with Gasteiger partial charge >= 0.3 is 0 Å². The summed E-state index contributed by atoms with van der Waals surface area (Å²) >= 11 is 0. The van der Waals surface area contributed by atoms with Crippen LogP contribution in [0.4, 0.5) is 5.69 Å². The van der Waals surface area contributed by atoms with Crippen molar-refractivity contribution in [1.82, 2.24) is 10.2 Å². The van der Waals surface area contributed by atoms with Crippen LogP contribution in [0.15, 0.2) is 71.6 Å². The van der Waals surface area contributed by atoms with Crippen LogP contribution in [0.1, 0.15) is 41.2 Å². The van der Waals surface area contributed by atoms with Crippen molar-refractivity contribution in [2.75, 3.05) is 17.9 Å². The Morgan fingerprint density at radius 2 is 1.50 bits per heavy atom. The normalized spacial score (nSPS) is 12.1. The molecule has 0 spiro atoms. The van der Waals surface area contributed by atoms with Crippen LogP contribution in [0.3, 0.4) is 0 Å². The molecule has 7 nitrogen and oxygen atoms in total. The van der Waals surface area contributed by atoms with Crippen LogP contribution in [0.2, 0.25) is 0 Å². The molecule has 3 aromatic rings. The number of benzene rings is 3. The van der Waals surface area contributed by atoms with Crippen molar-refractivity contribution in [2.45, 2.75) is 58.5 Å². The van der Waals surface area contributed by atoms with Gasteiger partial charge in [-0.25, -0.2) is 8.42 Å². The molecule has 0 bridgehead atoms. The van der Waals surface area contributed by atoms with Crippen LogP contribution >= 0.6 is 0 Å². The van der Waals surface area contributed by atoms with Gasteiger partial charge in [-0.15, -0.1) is 0 Å². The van der Waals surface area contributed by atoms with E-state index in [-0.39, 0.29) is 17.3 Å². The number of likely N-dealkylation sites (N-methyl/N-ethyl adjacent to an activating group) is 1. The summed E-state index contributed by atoms with van der Waals surface area (Å²) in [6.45, 7) is 9.11. The average Bonchev–Trinajstić information content (AvgIpc) is 2.88. The molecule has 1 N–H and O–H groups in total. The van der Waals surface area contributed by atoms with Crippen molar-refractivity contribution in [3.8, 4) is 0 Å². The van der Waals surface area contributed by atoms with Crippen molar-refractivity contribution in [3.63, 3.8) is 0 Å². The third-order valence-electron chi connectivity index (χ3n) is 6.59. The van der Waals surface area contributed by atoms with E-state index in [2.05, 4.69) is 5.32 Å². The number of nitrogens with one attached hydrogen (secondary N) is 1. The van der Waals surface area contributed by atoms with E-state index in [4.69, 9.17) is 0 Å². The molecule has 0 radical (unpaired) electrons. The molecule has 3 rings (SSSR count). The second kappa shape index (κ2) is 12.3. The highest BCUT2D eigenvalue weighted by atomic mass is 32.2. The highest BCUT2D eigenvalue weighted by Crippen LogP contribution is 2.29. The molecule has 0 saturated carbocycles. The van der Waals surface area contributed by atoms with Gasteiger partial charge in [-0.1, -0.05) is 66.6 Å². The first-order valence-electron chi connectivity index (χ1n) is 12.7. The Morgan fingerprint density at radius 1 is 0.868 bits per heavy atom. The molecule has 0 unspecified atom stereocenters. The monoisotopic (exact) mass is 535 g/mol. The van der Waals surface area contributed by atoms with Gasteiger partial charge in [0.2, 0.25) is 11.8 Å². The number of rotatable bonds is 10. The second-order valence-electron chi connectivity index (χ2n) is 9.66. The van der Waals surface area contributed by atoms with Crippen molar-refractivity contribution < 1.29 is 18.0 Å². The Morgan fingerprint density at radius 3 is 2.11 bits per heavy atom. The van der Waals surface area contributed by atoms with Gasteiger partial charge in [0.15, 0.2) is 0 Å². The third-order valence-corrected chi connectivity index (χ3v) is 8.36. The van der Waals surface area contributed by atoms with Crippen molar-refractivity contribution in [1.29, 1.82) is 0 Å². The SMILES string of the molecule is CC[C@@H](C(=O)NC)N(Cc1cccc(C)c1)C(=O)CN(c1cc(C)ccc1C)S(=O)(=O)c1ccc(C)cc1. The fraction of sp³-hybridized carbons (Fsp3) is 0.333. The first-order valence-corrected chi connectivity index (χ1v) is 14.1. The first-order chi connectivity index (χ1) is 18.0. The van der Waals surface area contributed by atoms with Crippen molar-refractivity contribution >= 4 is 27.5 Å².